The van der Waals surface area contributed by atoms with Crippen molar-refractivity contribution in [1.29, 1.82) is 0 Å². The number of amides is 1. The van der Waals surface area contributed by atoms with Crippen LogP contribution in [0.25, 0.3) is 16.7 Å². The number of rotatable bonds is 3. The van der Waals surface area contributed by atoms with Crippen LogP contribution < -0.4 is 0 Å². The van der Waals surface area contributed by atoms with Crippen molar-refractivity contribution in [3.8, 4) is 11.1 Å². The molecule has 0 saturated carbocycles. The van der Waals surface area contributed by atoms with E-state index in [0.717, 1.165) is 6.26 Å². The molecular formula is C24H24ClNO6S. The number of aliphatic hydroxyl groups excluding tert-OH is 1. The normalized spacial score (nSPS) is 21.0. The number of ether oxygens (including phenoxy) is 1. The third kappa shape index (κ3) is 4.13. The zero-order valence-corrected chi connectivity index (χ0v) is 20.1. The second-order valence-electron chi connectivity index (χ2n) is 8.60. The second kappa shape index (κ2) is 8.18. The van der Waals surface area contributed by atoms with Gasteiger partial charge < -0.3 is 14.7 Å². The lowest BCUT2D eigenvalue weighted by Gasteiger charge is -2.38. The minimum Gasteiger partial charge on any atom is -0.507 e. The summed E-state index contributed by atoms with van der Waals surface area (Å²) in [6.45, 7) is 3.87. The van der Waals surface area contributed by atoms with Gasteiger partial charge in [0.1, 0.15) is 5.57 Å². The summed E-state index contributed by atoms with van der Waals surface area (Å²) in [6.07, 6.45) is 2.15. The van der Waals surface area contributed by atoms with E-state index in [4.69, 9.17) is 16.3 Å². The summed E-state index contributed by atoms with van der Waals surface area (Å²) in [5, 5.41) is 11.4. The molecule has 7 nitrogen and oxygen atoms in total. The number of hydrogen-bond donors (Lipinski definition) is 1. The van der Waals surface area contributed by atoms with Gasteiger partial charge in [0, 0.05) is 30.3 Å². The summed E-state index contributed by atoms with van der Waals surface area (Å²) >= 11 is 6.56. The monoisotopic (exact) mass is 489 g/mol. The van der Waals surface area contributed by atoms with E-state index < -0.39 is 21.4 Å². The molecule has 1 saturated heterocycles. The van der Waals surface area contributed by atoms with Crippen LogP contribution >= 0.6 is 11.6 Å². The molecule has 2 aromatic rings. The predicted molar refractivity (Wildman–Crippen MR) is 125 cm³/mol. The average molecular weight is 490 g/mol. The van der Waals surface area contributed by atoms with E-state index in [1.165, 1.54) is 13.0 Å². The molecule has 2 aliphatic rings. The molecule has 4 rings (SSSR count). The summed E-state index contributed by atoms with van der Waals surface area (Å²) in [6, 6.07) is 9.78. The Morgan fingerprint density at radius 2 is 1.94 bits per heavy atom. The molecule has 2 aliphatic heterocycles. The van der Waals surface area contributed by atoms with Crippen molar-refractivity contribution >= 4 is 38.9 Å². The molecule has 0 radical (unpaired) electrons. The van der Waals surface area contributed by atoms with Crippen molar-refractivity contribution in [2.45, 2.75) is 37.2 Å². The fraction of sp³-hybridized carbons (Fsp3) is 0.333. The molecule has 1 atom stereocenters. The van der Waals surface area contributed by atoms with Gasteiger partial charge in [0.15, 0.2) is 21.2 Å². The second-order valence-corrected chi connectivity index (χ2v) is 11.0. The Morgan fingerprint density at radius 3 is 2.61 bits per heavy atom. The molecular weight excluding hydrogens is 466 g/mol. The van der Waals surface area contributed by atoms with Crippen molar-refractivity contribution in [2.24, 2.45) is 0 Å². The van der Waals surface area contributed by atoms with Crippen molar-refractivity contribution in [2.75, 3.05) is 19.3 Å². The number of esters is 1. The van der Waals surface area contributed by atoms with Crippen LogP contribution in [0.5, 0.6) is 0 Å². The maximum absolute atomic E-state index is 12.9. The standard InChI is InChI=1S/C24H24ClNO6S/c1-14-10-19(16-6-4-7-17(11-16)33(3,30)31)20(25)12-18(14)21-22(28)24(32-23(21)29)8-5-9-26(13-24)15(2)27/h4,6-7,10-12,28H,5,8-9,13H2,1-3H3. The van der Waals surface area contributed by atoms with Crippen LogP contribution in [0.3, 0.4) is 0 Å². The van der Waals surface area contributed by atoms with Gasteiger partial charge in [0.2, 0.25) is 5.91 Å². The lowest BCUT2D eigenvalue weighted by molar-refractivity contribution is -0.155. The Hall–Kier alpha value is -2.84. The summed E-state index contributed by atoms with van der Waals surface area (Å²) in [7, 11) is -3.39. The van der Waals surface area contributed by atoms with E-state index in [9.17, 15) is 23.1 Å². The molecule has 2 heterocycles. The smallest absolute Gasteiger partial charge is 0.343 e. The van der Waals surface area contributed by atoms with E-state index in [2.05, 4.69) is 0 Å². The molecule has 2 aromatic carbocycles. The molecule has 1 unspecified atom stereocenters. The zero-order chi connectivity index (χ0) is 24.1. The number of aliphatic hydroxyl groups is 1. The maximum atomic E-state index is 12.9. The molecule has 1 spiro atoms. The summed E-state index contributed by atoms with van der Waals surface area (Å²) < 4.78 is 29.5. The van der Waals surface area contributed by atoms with E-state index >= 15 is 0 Å². The van der Waals surface area contributed by atoms with Crippen LogP contribution in [0.1, 0.15) is 30.9 Å². The largest absolute Gasteiger partial charge is 0.507 e. The van der Waals surface area contributed by atoms with Gasteiger partial charge in [-0.05, 0) is 60.7 Å². The highest BCUT2D eigenvalue weighted by Gasteiger charge is 2.51. The first kappa shape index (κ1) is 23.3. The van der Waals surface area contributed by atoms with Gasteiger partial charge in [0.25, 0.3) is 0 Å². The average Bonchev–Trinajstić information content (AvgIpc) is 2.98. The Bertz CT molecular complexity index is 1320. The first-order valence-electron chi connectivity index (χ1n) is 10.5. The van der Waals surface area contributed by atoms with Crippen LogP contribution in [-0.4, -0.2) is 55.2 Å². The molecule has 0 aliphatic carbocycles. The van der Waals surface area contributed by atoms with Crippen LogP contribution in [0.4, 0.5) is 0 Å². The van der Waals surface area contributed by atoms with Crippen molar-refractivity contribution in [3.63, 3.8) is 0 Å². The van der Waals surface area contributed by atoms with Crippen LogP contribution in [0.15, 0.2) is 47.1 Å². The topological polar surface area (TPSA) is 101 Å². The number of sulfone groups is 1. The van der Waals surface area contributed by atoms with Gasteiger partial charge in [0.05, 0.1) is 11.4 Å². The number of piperidine rings is 1. The van der Waals surface area contributed by atoms with Crippen LogP contribution in [-0.2, 0) is 24.2 Å². The number of halogens is 1. The minimum atomic E-state index is -3.39. The molecule has 0 bridgehead atoms. The summed E-state index contributed by atoms with van der Waals surface area (Å²) in [4.78, 5) is 26.5. The maximum Gasteiger partial charge on any atom is 0.343 e. The van der Waals surface area contributed by atoms with Gasteiger partial charge in [-0.2, -0.15) is 0 Å². The van der Waals surface area contributed by atoms with E-state index in [1.807, 2.05) is 0 Å². The van der Waals surface area contributed by atoms with E-state index in [0.29, 0.717) is 46.7 Å². The minimum absolute atomic E-state index is 0.0382. The van der Waals surface area contributed by atoms with Gasteiger partial charge >= 0.3 is 5.97 Å². The number of benzene rings is 2. The predicted octanol–water partition coefficient (Wildman–Crippen LogP) is 3.93. The van der Waals surface area contributed by atoms with Gasteiger partial charge in [-0.1, -0.05) is 23.7 Å². The molecule has 1 N–H and O–H groups in total. The first-order chi connectivity index (χ1) is 15.4. The number of nitrogens with zero attached hydrogens (tertiary/aromatic N) is 1. The van der Waals surface area contributed by atoms with Crippen LogP contribution in [0, 0.1) is 6.92 Å². The molecule has 0 aromatic heterocycles. The molecule has 1 fully saturated rings. The number of likely N-dealkylation sites (tertiary alicyclic amines) is 1. The number of aryl methyl sites for hydroxylation is 1. The number of carbonyl (C=O) groups is 2. The third-order valence-electron chi connectivity index (χ3n) is 6.22. The van der Waals surface area contributed by atoms with Crippen LogP contribution in [0.2, 0.25) is 5.02 Å². The highest BCUT2D eigenvalue weighted by atomic mass is 35.5. The van der Waals surface area contributed by atoms with Crippen molar-refractivity contribution in [3.05, 3.63) is 58.3 Å². The zero-order valence-electron chi connectivity index (χ0n) is 18.5. The van der Waals surface area contributed by atoms with Gasteiger partial charge in [-0.25, -0.2) is 13.2 Å². The third-order valence-corrected chi connectivity index (χ3v) is 7.64. The van der Waals surface area contributed by atoms with Gasteiger partial charge in [-0.3, -0.25) is 4.79 Å². The highest BCUT2D eigenvalue weighted by Crippen LogP contribution is 2.44. The molecule has 33 heavy (non-hydrogen) atoms. The first-order valence-corrected chi connectivity index (χ1v) is 12.7. The molecule has 9 heteroatoms. The molecule has 174 valence electrons. The SMILES string of the molecule is CC(=O)N1CCCC2(C1)OC(=O)C(c1cc(Cl)c(-c3cccc(S(C)(=O)=O)c3)cc1C)=C2O. The van der Waals surface area contributed by atoms with Gasteiger partial charge in [-0.15, -0.1) is 0 Å². The quantitative estimate of drug-likeness (QED) is 0.655. The summed E-state index contributed by atoms with van der Waals surface area (Å²) in [5.74, 6) is -1.00. The Balaban J connectivity index is 1.78. The number of hydrogen-bond acceptors (Lipinski definition) is 6. The lowest BCUT2D eigenvalue weighted by atomic mass is 9.87. The van der Waals surface area contributed by atoms with E-state index in [-0.39, 0.29) is 28.7 Å². The Labute approximate surface area is 197 Å². The van der Waals surface area contributed by atoms with Crippen molar-refractivity contribution < 1.29 is 27.9 Å². The fourth-order valence-corrected chi connectivity index (χ4v) is 5.41. The lowest BCUT2D eigenvalue weighted by Crippen LogP contribution is -2.51. The Kier molecular flexibility index (Phi) is 5.78. The highest BCUT2D eigenvalue weighted by molar-refractivity contribution is 7.90. The molecule has 1 amide bonds. The number of carbonyl (C=O) groups excluding carboxylic acids is 2. The Morgan fingerprint density at radius 1 is 1.21 bits per heavy atom. The van der Waals surface area contributed by atoms with Crippen molar-refractivity contribution in [1.82, 2.24) is 4.90 Å². The summed E-state index contributed by atoms with van der Waals surface area (Å²) in [5.41, 5.74) is 1.10. The van der Waals surface area contributed by atoms with E-state index in [1.54, 1.807) is 42.2 Å². The fourth-order valence-electron chi connectivity index (χ4n) is 4.47.